The van der Waals surface area contributed by atoms with Crippen molar-refractivity contribution in [3.8, 4) is 17.2 Å². The van der Waals surface area contributed by atoms with Gasteiger partial charge >= 0.3 is 5.97 Å². The molecule has 0 spiro atoms. The number of hydrogen-bond acceptors (Lipinski definition) is 9. The Bertz CT molecular complexity index is 1200. The number of allylic oxidation sites excluding steroid dienone is 1. The van der Waals surface area contributed by atoms with E-state index in [1.807, 2.05) is 19.9 Å². The molecule has 2 fully saturated rings. The molecule has 0 aromatic heterocycles. The number of aromatic hydroxyl groups is 2. The van der Waals surface area contributed by atoms with E-state index in [1.165, 1.54) is 13.0 Å². The van der Waals surface area contributed by atoms with Gasteiger partial charge in [0.05, 0.1) is 29.8 Å². The van der Waals surface area contributed by atoms with Gasteiger partial charge in [-0.2, -0.15) is 0 Å². The third kappa shape index (κ3) is 4.62. The molecule has 4 rings (SSSR count). The molecule has 39 heavy (non-hydrogen) atoms. The number of hydrogen-bond donors (Lipinski definition) is 4. The number of esters is 1. The third-order valence-corrected chi connectivity index (χ3v) is 9.35. The number of carbonyl (C=O) groups excluding carboxylic acids is 2. The van der Waals surface area contributed by atoms with Gasteiger partial charge in [-0.25, -0.2) is 0 Å². The van der Waals surface area contributed by atoms with E-state index in [4.69, 9.17) is 14.2 Å². The molecule has 1 aromatic carbocycles. The zero-order valence-electron chi connectivity index (χ0n) is 24.1. The molecular formula is C30H42O9. The Kier molecular flexibility index (Phi) is 7.37. The highest BCUT2D eigenvalue weighted by Crippen LogP contribution is 2.61. The van der Waals surface area contributed by atoms with E-state index in [0.717, 1.165) is 5.57 Å². The average molecular weight is 547 g/mol. The Morgan fingerprint density at radius 3 is 2.46 bits per heavy atom. The van der Waals surface area contributed by atoms with Gasteiger partial charge in [-0.05, 0) is 59.1 Å². The number of phenolic OH excluding ortho intramolecular Hbond substituents is 2. The van der Waals surface area contributed by atoms with Crippen molar-refractivity contribution in [3.63, 3.8) is 0 Å². The first-order valence-electron chi connectivity index (χ1n) is 13.6. The van der Waals surface area contributed by atoms with Gasteiger partial charge in [0.1, 0.15) is 23.0 Å². The van der Waals surface area contributed by atoms with Crippen LogP contribution in [0.3, 0.4) is 0 Å². The predicted molar refractivity (Wildman–Crippen MR) is 143 cm³/mol. The third-order valence-electron chi connectivity index (χ3n) is 9.35. The number of carbonyl (C=O) groups is 2. The summed E-state index contributed by atoms with van der Waals surface area (Å²) in [6.45, 7) is 13.5. The molecule has 2 aliphatic heterocycles. The molecule has 0 radical (unpaired) electrons. The van der Waals surface area contributed by atoms with Crippen LogP contribution in [0.15, 0.2) is 17.7 Å². The number of aliphatic hydroxyl groups excluding tert-OH is 1. The average Bonchev–Trinajstić information content (AvgIpc) is 2.83. The number of phenols is 2. The summed E-state index contributed by atoms with van der Waals surface area (Å²) >= 11 is 0. The van der Waals surface area contributed by atoms with Crippen LogP contribution in [-0.2, 0) is 14.3 Å². The molecule has 0 amide bonds. The SMILES string of the molecule is C/C=C(\C)[C@@H](OC(C)=O)[C@@H](C)c1cc(O)c2c(c1O)O[C@]1(C)CC[C@H]3O[C@@H](C(C)(C)O)C[C@H](O)[C@]3(C)[C@H]1C2=O. The number of rotatable bonds is 5. The molecule has 4 N–H and O–H groups in total. The minimum Gasteiger partial charge on any atom is -0.507 e. The Hall–Kier alpha value is -2.62. The monoisotopic (exact) mass is 546 g/mol. The van der Waals surface area contributed by atoms with E-state index in [9.17, 15) is 30.0 Å². The predicted octanol–water partition coefficient (Wildman–Crippen LogP) is 4.14. The molecule has 2 heterocycles. The quantitative estimate of drug-likeness (QED) is 0.243. The van der Waals surface area contributed by atoms with Crippen LogP contribution in [0.2, 0.25) is 0 Å². The highest BCUT2D eigenvalue weighted by molar-refractivity contribution is 6.06. The van der Waals surface area contributed by atoms with Gasteiger partial charge in [-0.15, -0.1) is 0 Å². The minimum atomic E-state index is -1.17. The number of ketones is 1. The maximum atomic E-state index is 14.2. The molecule has 9 heteroatoms. The van der Waals surface area contributed by atoms with Gasteiger partial charge in [0.15, 0.2) is 17.3 Å². The molecule has 9 nitrogen and oxygen atoms in total. The van der Waals surface area contributed by atoms with Crippen molar-refractivity contribution in [1.29, 1.82) is 0 Å². The highest BCUT2D eigenvalue weighted by Gasteiger charge is 2.66. The Balaban J connectivity index is 1.79. The van der Waals surface area contributed by atoms with Crippen molar-refractivity contribution < 1.29 is 44.2 Å². The lowest BCUT2D eigenvalue weighted by molar-refractivity contribution is -0.263. The Labute approximate surface area is 229 Å². The second kappa shape index (κ2) is 9.78. The molecule has 1 aromatic rings. The highest BCUT2D eigenvalue weighted by atomic mass is 16.5. The van der Waals surface area contributed by atoms with Gasteiger partial charge in [0.25, 0.3) is 0 Å². The van der Waals surface area contributed by atoms with Crippen molar-refractivity contribution >= 4 is 11.8 Å². The lowest BCUT2D eigenvalue weighted by atomic mass is 9.52. The fourth-order valence-electron chi connectivity index (χ4n) is 6.98. The number of ether oxygens (including phenoxy) is 3. The van der Waals surface area contributed by atoms with Gasteiger partial charge in [0, 0.05) is 30.2 Å². The van der Waals surface area contributed by atoms with Crippen molar-refractivity contribution in [3.05, 3.63) is 28.8 Å². The molecule has 8 atom stereocenters. The first-order chi connectivity index (χ1) is 18.0. The van der Waals surface area contributed by atoms with Crippen LogP contribution < -0.4 is 4.74 Å². The van der Waals surface area contributed by atoms with Crippen LogP contribution in [0.5, 0.6) is 17.2 Å². The first kappa shape index (κ1) is 29.4. The van der Waals surface area contributed by atoms with Crippen molar-refractivity contribution in [1.82, 2.24) is 0 Å². The van der Waals surface area contributed by atoms with E-state index in [-0.39, 0.29) is 34.8 Å². The summed E-state index contributed by atoms with van der Waals surface area (Å²) in [5, 5.41) is 44.5. The van der Waals surface area contributed by atoms with Gasteiger partial charge < -0.3 is 34.6 Å². The normalized spacial score (nSPS) is 34.2. The van der Waals surface area contributed by atoms with Crippen molar-refractivity contribution in [2.75, 3.05) is 0 Å². The zero-order valence-corrected chi connectivity index (χ0v) is 24.1. The first-order valence-corrected chi connectivity index (χ1v) is 13.6. The van der Waals surface area contributed by atoms with E-state index in [2.05, 4.69) is 0 Å². The number of benzene rings is 1. The fraction of sp³-hybridized carbons (Fsp3) is 0.667. The molecule has 216 valence electrons. The zero-order chi connectivity index (χ0) is 29.2. The molecule has 1 saturated carbocycles. The van der Waals surface area contributed by atoms with Gasteiger partial charge in [-0.1, -0.05) is 19.9 Å². The second-order valence-corrected chi connectivity index (χ2v) is 12.5. The van der Waals surface area contributed by atoms with Gasteiger partial charge in [-0.3, -0.25) is 9.59 Å². The summed E-state index contributed by atoms with van der Waals surface area (Å²) in [5.74, 6) is -3.12. The van der Waals surface area contributed by atoms with Crippen LogP contribution in [0.1, 0.15) is 96.5 Å². The molecule has 0 unspecified atom stereocenters. The summed E-state index contributed by atoms with van der Waals surface area (Å²) in [4.78, 5) is 26.0. The molecular weight excluding hydrogens is 504 g/mol. The molecule has 1 aliphatic carbocycles. The maximum Gasteiger partial charge on any atom is 0.303 e. The lowest BCUT2D eigenvalue weighted by Gasteiger charge is -2.61. The topological polar surface area (TPSA) is 143 Å². The minimum absolute atomic E-state index is 0.108. The summed E-state index contributed by atoms with van der Waals surface area (Å²) in [5.41, 5.74) is -2.42. The van der Waals surface area contributed by atoms with Crippen LogP contribution in [0.4, 0.5) is 0 Å². The summed E-state index contributed by atoms with van der Waals surface area (Å²) in [7, 11) is 0. The molecule has 3 aliphatic rings. The van der Waals surface area contributed by atoms with Crippen molar-refractivity contribution in [2.45, 2.75) is 116 Å². The summed E-state index contributed by atoms with van der Waals surface area (Å²) < 4.78 is 18.2. The Morgan fingerprint density at radius 2 is 1.90 bits per heavy atom. The van der Waals surface area contributed by atoms with Crippen LogP contribution in [-0.4, -0.2) is 67.8 Å². The van der Waals surface area contributed by atoms with Gasteiger partial charge in [0.2, 0.25) is 0 Å². The molecule has 1 saturated heterocycles. The summed E-state index contributed by atoms with van der Waals surface area (Å²) in [6, 6.07) is 1.32. The fourth-order valence-corrected chi connectivity index (χ4v) is 6.98. The number of Topliss-reactive ketones (excluding diaryl/α,β-unsaturated/α-hetero) is 1. The lowest BCUT2D eigenvalue weighted by Crippen LogP contribution is -2.69. The maximum absolute atomic E-state index is 14.2. The largest absolute Gasteiger partial charge is 0.507 e. The van der Waals surface area contributed by atoms with E-state index in [0.29, 0.717) is 12.8 Å². The van der Waals surface area contributed by atoms with Crippen LogP contribution >= 0.6 is 0 Å². The standard InChI is InChI=1S/C30H42O9/c1-9-14(2)25(37-16(4)31)15(3)17-12-18(32)22-24(35)27-29(7,39-26(22)23(17)34)11-10-20-30(27,8)19(33)13-21(38-20)28(5,6)36/h9,12,15,19-21,25,27,32-34,36H,10-11,13H2,1-8H3/b14-9+/t15-,19-,20+,21+,25+,27-,29+,30-/m0/s1. The summed E-state index contributed by atoms with van der Waals surface area (Å²) in [6.07, 6.45) is 0.00160. The number of fused-ring (bicyclic) bond motifs is 4. The number of aliphatic hydroxyl groups is 2. The smallest absolute Gasteiger partial charge is 0.303 e. The van der Waals surface area contributed by atoms with Crippen LogP contribution in [0, 0.1) is 11.3 Å². The van der Waals surface area contributed by atoms with Crippen LogP contribution in [0.25, 0.3) is 0 Å². The Morgan fingerprint density at radius 1 is 1.26 bits per heavy atom. The van der Waals surface area contributed by atoms with Crippen molar-refractivity contribution in [2.24, 2.45) is 11.3 Å². The molecule has 0 bridgehead atoms. The van der Waals surface area contributed by atoms with E-state index >= 15 is 0 Å². The second-order valence-electron chi connectivity index (χ2n) is 12.5. The van der Waals surface area contributed by atoms with E-state index in [1.54, 1.807) is 34.6 Å². The van der Waals surface area contributed by atoms with E-state index < -0.39 is 64.6 Å².